The smallest absolute Gasteiger partial charge is 0.416 e. The van der Waals surface area contributed by atoms with Crippen LogP contribution in [0.5, 0.6) is 11.5 Å². The molecule has 1 aliphatic rings. The van der Waals surface area contributed by atoms with E-state index in [9.17, 15) is 21.9 Å². The Bertz CT molecular complexity index is 1340. The van der Waals surface area contributed by atoms with Gasteiger partial charge in [0.15, 0.2) is 11.5 Å². The van der Waals surface area contributed by atoms with Gasteiger partial charge in [-0.15, -0.1) is 0 Å². The molecule has 4 rings (SSSR count). The fourth-order valence-corrected chi connectivity index (χ4v) is 5.20. The van der Waals surface area contributed by atoms with Crippen molar-refractivity contribution in [2.75, 3.05) is 37.2 Å². The average Bonchev–Trinajstić information content (AvgIpc) is 3.27. The number of nitrogens with one attached hydrogen (secondary N) is 1. The summed E-state index contributed by atoms with van der Waals surface area (Å²) < 4.78 is 73.9. The van der Waals surface area contributed by atoms with E-state index in [4.69, 9.17) is 15.2 Å². The zero-order valence-electron chi connectivity index (χ0n) is 21.2. The van der Waals surface area contributed by atoms with E-state index in [0.717, 1.165) is 25.0 Å². The number of fused-ring (bicyclic) bond motifs is 1. The van der Waals surface area contributed by atoms with E-state index >= 15 is 0 Å². The first kappa shape index (κ1) is 27.9. The Morgan fingerprint density at radius 3 is 2.68 bits per heavy atom. The first-order chi connectivity index (χ1) is 17.9. The number of nitrogen functional groups attached to an aromatic ring is 1. The van der Waals surface area contributed by atoms with E-state index in [2.05, 4.69) is 15.3 Å². The summed E-state index contributed by atoms with van der Waals surface area (Å²) in [5, 5.41) is 3.78. The Balaban J connectivity index is 1.64. The number of benzene rings is 2. The van der Waals surface area contributed by atoms with Gasteiger partial charge in [-0.1, -0.05) is 0 Å². The van der Waals surface area contributed by atoms with Gasteiger partial charge in [0.25, 0.3) is 0 Å². The van der Waals surface area contributed by atoms with Gasteiger partial charge in [-0.05, 0) is 74.1 Å². The predicted octanol–water partition coefficient (Wildman–Crippen LogP) is 4.40. The fraction of sp³-hybridized carbons (Fsp3) is 0.440. The summed E-state index contributed by atoms with van der Waals surface area (Å²) in [7, 11) is 1.50. The molecule has 206 valence electrons. The second-order valence-corrected chi connectivity index (χ2v) is 10.1. The molecule has 0 spiro atoms. The maximum absolute atomic E-state index is 13.3. The van der Waals surface area contributed by atoms with Crippen LogP contribution >= 0.6 is 0 Å². The molecule has 0 bridgehead atoms. The van der Waals surface area contributed by atoms with E-state index in [1.54, 1.807) is 26.0 Å². The molecule has 38 heavy (non-hydrogen) atoms. The number of alkyl halides is 3. The second-order valence-electron chi connectivity index (χ2n) is 9.24. The van der Waals surface area contributed by atoms with Crippen LogP contribution in [0.25, 0.3) is 10.9 Å². The lowest BCUT2D eigenvalue weighted by Gasteiger charge is -2.25. The molecule has 2 aromatic carbocycles. The molecular weight excluding hydrogens is 523 g/mol. The van der Waals surface area contributed by atoms with E-state index in [-0.39, 0.29) is 24.2 Å². The van der Waals surface area contributed by atoms with Crippen molar-refractivity contribution in [2.24, 2.45) is 0 Å². The quantitative estimate of drug-likeness (QED) is 0.293. The summed E-state index contributed by atoms with van der Waals surface area (Å²) in [6.07, 6.45) is -2.85. The Kier molecular flexibility index (Phi) is 8.28. The minimum atomic E-state index is -4.53. The Morgan fingerprint density at radius 1 is 1.24 bits per heavy atom. The molecule has 3 atom stereocenters. The summed E-state index contributed by atoms with van der Waals surface area (Å²) in [6.45, 7) is 4.36. The van der Waals surface area contributed by atoms with Crippen molar-refractivity contribution in [2.45, 2.75) is 44.9 Å². The lowest BCUT2D eigenvalue weighted by atomic mass is 10.0. The SMILES string of the molecule is COc1cc2nc(C)nc(N[C@H](C)c3cc(N)cc(C(F)(F)F)c3)c2cc1OC[C@@H]1CCCN1CS(=O)[O-]. The van der Waals surface area contributed by atoms with Crippen LogP contribution in [0.1, 0.15) is 42.8 Å². The molecule has 3 aromatic rings. The van der Waals surface area contributed by atoms with Crippen LogP contribution in [0, 0.1) is 6.92 Å². The van der Waals surface area contributed by atoms with Gasteiger partial charge in [-0.25, -0.2) is 9.97 Å². The zero-order valence-corrected chi connectivity index (χ0v) is 22.0. The molecule has 1 saturated heterocycles. The van der Waals surface area contributed by atoms with Crippen molar-refractivity contribution >= 4 is 33.5 Å². The van der Waals surface area contributed by atoms with E-state index in [1.807, 2.05) is 4.90 Å². The van der Waals surface area contributed by atoms with Crippen LogP contribution in [0.3, 0.4) is 0 Å². The van der Waals surface area contributed by atoms with Crippen molar-refractivity contribution in [3.8, 4) is 11.5 Å². The number of hydrogen-bond acceptors (Lipinski definition) is 9. The number of anilines is 2. The molecule has 1 aliphatic heterocycles. The van der Waals surface area contributed by atoms with Crippen molar-refractivity contribution in [3.05, 3.63) is 47.3 Å². The third kappa shape index (κ3) is 6.45. The molecule has 0 aliphatic carbocycles. The highest BCUT2D eigenvalue weighted by Gasteiger charge is 2.31. The summed E-state index contributed by atoms with van der Waals surface area (Å²) in [4.78, 5) is 10.8. The van der Waals surface area contributed by atoms with Gasteiger partial charge in [0.1, 0.15) is 18.2 Å². The van der Waals surface area contributed by atoms with Crippen LogP contribution in [-0.4, -0.2) is 55.8 Å². The fourth-order valence-electron chi connectivity index (χ4n) is 4.59. The van der Waals surface area contributed by atoms with Crippen molar-refractivity contribution in [1.82, 2.24) is 14.9 Å². The standard InChI is InChI=1S/C25H30F3N5O4S/c1-14(16-7-17(25(26,27)28)9-18(29)8-16)30-24-20-10-23(22(36-3)11-21(20)31-15(2)32-24)37-12-19-5-4-6-33(19)13-38(34)35/h7-11,14,19H,4-6,12-13,29H2,1-3H3,(H,34,35)(H,30,31,32)/p-1/t14-,19+/m1/s1. The molecule has 0 saturated carbocycles. The zero-order chi connectivity index (χ0) is 27.6. The Labute approximate surface area is 220 Å². The van der Waals surface area contributed by atoms with Gasteiger partial charge in [-0.3, -0.25) is 9.11 Å². The third-order valence-electron chi connectivity index (χ3n) is 6.45. The van der Waals surface area contributed by atoms with Crippen molar-refractivity contribution in [1.29, 1.82) is 0 Å². The highest BCUT2D eigenvalue weighted by atomic mass is 32.2. The number of nitrogens with zero attached hydrogens (tertiary/aromatic N) is 3. The molecule has 13 heteroatoms. The average molecular weight is 553 g/mol. The lowest BCUT2D eigenvalue weighted by molar-refractivity contribution is -0.137. The second kappa shape index (κ2) is 11.3. The van der Waals surface area contributed by atoms with Gasteiger partial charge in [-0.2, -0.15) is 13.2 Å². The number of likely N-dealkylation sites (tertiary alicyclic amines) is 1. The number of aromatic nitrogens is 2. The topological polar surface area (TPSA) is 126 Å². The number of ether oxygens (including phenoxy) is 2. The molecule has 0 radical (unpaired) electrons. The van der Waals surface area contributed by atoms with E-state index in [1.165, 1.54) is 13.2 Å². The predicted molar refractivity (Wildman–Crippen MR) is 138 cm³/mol. The normalized spacial score (nSPS) is 17.9. The number of aryl methyl sites for hydroxylation is 1. The van der Waals surface area contributed by atoms with Gasteiger partial charge >= 0.3 is 6.18 Å². The van der Waals surface area contributed by atoms with Gasteiger partial charge in [0, 0.05) is 23.2 Å². The number of rotatable bonds is 9. The summed E-state index contributed by atoms with van der Waals surface area (Å²) in [6, 6.07) is 6.24. The number of halogens is 3. The van der Waals surface area contributed by atoms with Crippen molar-refractivity contribution < 1.29 is 31.4 Å². The van der Waals surface area contributed by atoms with Crippen LogP contribution in [0.2, 0.25) is 0 Å². The largest absolute Gasteiger partial charge is 0.771 e. The molecular formula is C25H29F3N5O4S-. The first-order valence-electron chi connectivity index (χ1n) is 12.0. The maximum Gasteiger partial charge on any atom is 0.416 e. The van der Waals surface area contributed by atoms with Crippen LogP contribution in [0.4, 0.5) is 24.7 Å². The molecule has 9 nitrogen and oxygen atoms in total. The highest BCUT2D eigenvalue weighted by molar-refractivity contribution is 7.79. The highest BCUT2D eigenvalue weighted by Crippen LogP contribution is 2.37. The third-order valence-corrected chi connectivity index (χ3v) is 7.00. The maximum atomic E-state index is 13.3. The van der Waals surface area contributed by atoms with Crippen LogP contribution in [-0.2, 0) is 17.3 Å². The first-order valence-corrected chi connectivity index (χ1v) is 13.2. The monoisotopic (exact) mass is 552 g/mol. The van der Waals surface area contributed by atoms with Crippen LogP contribution < -0.4 is 20.5 Å². The minimum absolute atomic E-state index is 0.00870. The lowest BCUT2D eigenvalue weighted by Crippen LogP contribution is -2.36. The van der Waals surface area contributed by atoms with E-state index < -0.39 is 28.9 Å². The Hall–Kier alpha value is -3.16. The van der Waals surface area contributed by atoms with Crippen molar-refractivity contribution in [3.63, 3.8) is 0 Å². The minimum Gasteiger partial charge on any atom is -0.771 e. The number of nitrogens with two attached hydrogens (primary N) is 1. The van der Waals surface area contributed by atoms with Gasteiger partial charge < -0.3 is 25.1 Å². The van der Waals surface area contributed by atoms with Gasteiger partial charge in [0.2, 0.25) is 0 Å². The molecule has 1 fully saturated rings. The van der Waals surface area contributed by atoms with E-state index in [0.29, 0.717) is 46.2 Å². The molecule has 0 amide bonds. The van der Waals surface area contributed by atoms with Crippen LogP contribution in [0.15, 0.2) is 30.3 Å². The molecule has 1 unspecified atom stereocenters. The molecule has 2 heterocycles. The molecule has 1 aromatic heterocycles. The molecule has 3 N–H and O–H groups in total. The summed E-state index contributed by atoms with van der Waals surface area (Å²) >= 11 is -2.18. The summed E-state index contributed by atoms with van der Waals surface area (Å²) in [5.41, 5.74) is 5.85. The Morgan fingerprint density at radius 2 is 2.00 bits per heavy atom. The number of hydrogen-bond donors (Lipinski definition) is 2. The van der Waals surface area contributed by atoms with Gasteiger partial charge in [0.05, 0.1) is 30.1 Å². The number of methoxy groups -OCH3 is 1. The summed E-state index contributed by atoms with van der Waals surface area (Å²) in [5.74, 6) is 1.67.